The standard InChI is InChI=1S/C34H33BrN2O5S/c1-6-40-33(39)30-22(5)36-34-37(31(30)25-9-7-8-10-27(25)42-20(2)3)32(38)29(43-34)18-24-15-16-28(26(35)17-24)41-19-23-13-11-21(4)12-14-23/h7-18,20,31H,6,19H2,1-5H3/b29-18+/t31-/m1/s1. The van der Waals surface area contributed by atoms with Crippen molar-refractivity contribution in [3.05, 3.63) is 124 Å². The highest BCUT2D eigenvalue weighted by Gasteiger charge is 2.35. The van der Waals surface area contributed by atoms with Crippen LogP contribution in [0.4, 0.5) is 0 Å². The first-order valence-electron chi connectivity index (χ1n) is 14.1. The minimum Gasteiger partial charge on any atom is -0.491 e. The summed E-state index contributed by atoms with van der Waals surface area (Å²) in [5.41, 5.74) is 4.37. The summed E-state index contributed by atoms with van der Waals surface area (Å²) < 4.78 is 20.4. The maximum Gasteiger partial charge on any atom is 0.338 e. The average Bonchev–Trinajstić information content (AvgIpc) is 3.26. The van der Waals surface area contributed by atoms with Crippen LogP contribution in [-0.2, 0) is 16.1 Å². The highest BCUT2D eigenvalue weighted by atomic mass is 79.9. The molecule has 1 aromatic heterocycles. The predicted molar refractivity (Wildman–Crippen MR) is 172 cm³/mol. The van der Waals surface area contributed by atoms with E-state index in [0.717, 1.165) is 15.6 Å². The van der Waals surface area contributed by atoms with Gasteiger partial charge in [-0.25, -0.2) is 9.79 Å². The Labute approximate surface area is 262 Å². The lowest BCUT2D eigenvalue weighted by molar-refractivity contribution is -0.139. The molecule has 9 heteroatoms. The zero-order valence-corrected chi connectivity index (χ0v) is 27.1. The Morgan fingerprint density at radius 2 is 1.81 bits per heavy atom. The molecule has 222 valence electrons. The molecule has 2 heterocycles. The molecular formula is C34H33BrN2O5S. The van der Waals surface area contributed by atoms with E-state index >= 15 is 0 Å². The summed E-state index contributed by atoms with van der Waals surface area (Å²) in [4.78, 5) is 32.5. The number of rotatable bonds is 9. The molecule has 43 heavy (non-hydrogen) atoms. The molecule has 1 aliphatic rings. The molecule has 0 saturated carbocycles. The lowest BCUT2D eigenvalue weighted by Gasteiger charge is -2.26. The summed E-state index contributed by atoms with van der Waals surface area (Å²) in [5, 5.41) is 0. The fraction of sp³-hybridized carbons (Fsp3) is 0.265. The minimum absolute atomic E-state index is 0.101. The first kappa shape index (κ1) is 30.5. The fourth-order valence-electron chi connectivity index (χ4n) is 4.87. The lowest BCUT2D eigenvalue weighted by Crippen LogP contribution is -2.40. The Balaban J connectivity index is 1.55. The predicted octanol–water partition coefficient (Wildman–Crippen LogP) is 6.24. The van der Waals surface area contributed by atoms with Crippen LogP contribution in [0.1, 0.15) is 56.0 Å². The second-order valence-electron chi connectivity index (χ2n) is 10.5. The number of hydrogen-bond acceptors (Lipinski definition) is 7. The highest BCUT2D eigenvalue weighted by Crippen LogP contribution is 2.36. The van der Waals surface area contributed by atoms with E-state index < -0.39 is 12.0 Å². The van der Waals surface area contributed by atoms with E-state index in [4.69, 9.17) is 14.2 Å². The Bertz CT molecular complexity index is 1870. The Kier molecular flexibility index (Phi) is 9.32. The Morgan fingerprint density at radius 3 is 2.51 bits per heavy atom. The topological polar surface area (TPSA) is 79.1 Å². The monoisotopic (exact) mass is 660 g/mol. The number of para-hydroxylation sites is 1. The van der Waals surface area contributed by atoms with E-state index in [1.807, 2.05) is 74.5 Å². The van der Waals surface area contributed by atoms with Crippen LogP contribution >= 0.6 is 27.3 Å². The van der Waals surface area contributed by atoms with Crippen LogP contribution in [0.3, 0.4) is 0 Å². The molecule has 1 atom stereocenters. The van der Waals surface area contributed by atoms with Gasteiger partial charge in [-0.1, -0.05) is 65.4 Å². The van der Waals surface area contributed by atoms with Crippen LogP contribution in [0.5, 0.6) is 11.5 Å². The van der Waals surface area contributed by atoms with Crippen LogP contribution in [0.2, 0.25) is 0 Å². The molecule has 0 radical (unpaired) electrons. The molecule has 0 N–H and O–H groups in total. The second kappa shape index (κ2) is 13.1. The molecule has 5 rings (SSSR count). The van der Waals surface area contributed by atoms with Crippen molar-refractivity contribution in [3.63, 3.8) is 0 Å². The SMILES string of the molecule is CCOC(=O)C1=C(C)N=c2s/c(=C/c3ccc(OCc4ccc(C)cc4)c(Br)c3)c(=O)n2[C@@H]1c1ccccc1OC(C)C. The minimum atomic E-state index is -0.753. The highest BCUT2D eigenvalue weighted by molar-refractivity contribution is 9.10. The van der Waals surface area contributed by atoms with Crippen molar-refractivity contribution < 1.29 is 19.0 Å². The molecule has 7 nitrogen and oxygen atoms in total. The molecule has 0 spiro atoms. The van der Waals surface area contributed by atoms with E-state index in [1.54, 1.807) is 18.4 Å². The maximum absolute atomic E-state index is 14.0. The maximum atomic E-state index is 14.0. The van der Waals surface area contributed by atoms with Crippen molar-refractivity contribution in [1.82, 2.24) is 4.57 Å². The van der Waals surface area contributed by atoms with Gasteiger partial charge in [-0.15, -0.1) is 0 Å². The number of ether oxygens (including phenoxy) is 3. The van der Waals surface area contributed by atoms with E-state index in [9.17, 15) is 9.59 Å². The molecule has 1 aliphatic heterocycles. The van der Waals surface area contributed by atoms with Crippen molar-refractivity contribution in [2.75, 3.05) is 6.61 Å². The van der Waals surface area contributed by atoms with E-state index in [1.165, 1.54) is 16.9 Å². The fourth-order valence-corrected chi connectivity index (χ4v) is 6.43. The smallest absolute Gasteiger partial charge is 0.338 e. The number of benzene rings is 3. The number of halogens is 1. The normalized spacial score (nSPS) is 14.9. The van der Waals surface area contributed by atoms with Gasteiger partial charge < -0.3 is 14.2 Å². The molecule has 0 unspecified atom stereocenters. The van der Waals surface area contributed by atoms with Gasteiger partial charge in [0, 0.05) is 5.56 Å². The molecule has 0 saturated heterocycles. The van der Waals surface area contributed by atoms with Crippen molar-refractivity contribution in [1.29, 1.82) is 0 Å². The number of carbonyl (C=O) groups is 1. The molecule has 0 fully saturated rings. The van der Waals surface area contributed by atoms with Gasteiger partial charge in [-0.2, -0.15) is 0 Å². The molecule has 0 amide bonds. The first-order chi connectivity index (χ1) is 20.7. The third-order valence-electron chi connectivity index (χ3n) is 6.86. The first-order valence-corrected chi connectivity index (χ1v) is 15.7. The van der Waals surface area contributed by atoms with Gasteiger partial charge in [0.2, 0.25) is 0 Å². The third kappa shape index (κ3) is 6.68. The number of carbonyl (C=O) groups excluding carboxylic acids is 1. The van der Waals surface area contributed by atoms with Crippen molar-refractivity contribution >= 4 is 39.3 Å². The number of aromatic nitrogens is 1. The van der Waals surface area contributed by atoms with E-state index in [0.29, 0.717) is 44.3 Å². The molecule has 3 aromatic carbocycles. The largest absolute Gasteiger partial charge is 0.491 e. The summed E-state index contributed by atoms with van der Waals surface area (Å²) in [7, 11) is 0. The van der Waals surface area contributed by atoms with Gasteiger partial charge in [0.25, 0.3) is 5.56 Å². The Hall–Kier alpha value is -3.95. The number of fused-ring (bicyclic) bond motifs is 1. The number of thiazole rings is 1. The average molecular weight is 662 g/mol. The third-order valence-corrected chi connectivity index (χ3v) is 8.46. The van der Waals surface area contributed by atoms with Gasteiger partial charge in [0.15, 0.2) is 4.80 Å². The molecule has 0 bridgehead atoms. The summed E-state index contributed by atoms with van der Waals surface area (Å²) in [6, 6.07) is 20.6. The number of esters is 1. The summed E-state index contributed by atoms with van der Waals surface area (Å²) in [6.07, 6.45) is 1.73. The zero-order chi connectivity index (χ0) is 30.7. The van der Waals surface area contributed by atoms with Gasteiger partial charge in [-0.05, 0) is 86.0 Å². The molecule has 4 aromatic rings. The van der Waals surface area contributed by atoms with Crippen LogP contribution in [0.25, 0.3) is 6.08 Å². The number of nitrogens with zero attached hydrogens (tertiary/aromatic N) is 2. The number of allylic oxidation sites excluding steroid dienone is 1. The van der Waals surface area contributed by atoms with E-state index in [2.05, 4.69) is 40.0 Å². The zero-order valence-electron chi connectivity index (χ0n) is 24.7. The van der Waals surface area contributed by atoms with Gasteiger partial charge in [0.1, 0.15) is 24.1 Å². The second-order valence-corrected chi connectivity index (χ2v) is 12.3. The van der Waals surface area contributed by atoms with Crippen LogP contribution in [0, 0.1) is 6.92 Å². The summed E-state index contributed by atoms with van der Waals surface area (Å²) in [6.45, 7) is 10.1. The van der Waals surface area contributed by atoms with Crippen LogP contribution in [0.15, 0.2) is 92.3 Å². The molecule has 0 aliphatic carbocycles. The van der Waals surface area contributed by atoms with Gasteiger partial charge in [-0.3, -0.25) is 9.36 Å². The van der Waals surface area contributed by atoms with Gasteiger partial charge >= 0.3 is 5.97 Å². The van der Waals surface area contributed by atoms with Crippen molar-refractivity contribution in [2.24, 2.45) is 4.99 Å². The van der Waals surface area contributed by atoms with Crippen molar-refractivity contribution in [2.45, 2.75) is 53.4 Å². The summed E-state index contributed by atoms with van der Waals surface area (Å²) in [5.74, 6) is 0.793. The lowest BCUT2D eigenvalue weighted by atomic mass is 9.95. The Morgan fingerprint density at radius 1 is 1.07 bits per heavy atom. The van der Waals surface area contributed by atoms with Crippen molar-refractivity contribution in [3.8, 4) is 11.5 Å². The summed E-state index contributed by atoms with van der Waals surface area (Å²) >= 11 is 4.90. The van der Waals surface area contributed by atoms with E-state index in [-0.39, 0.29) is 18.3 Å². The molecular weight excluding hydrogens is 628 g/mol. The van der Waals surface area contributed by atoms with Gasteiger partial charge in [0.05, 0.1) is 33.0 Å². The van der Waals surface area contributed by atoms with Crippen LogP contribution < -0.4 is 24.4 Å². The quantitative estimate of drug-likeness (QED) is 0.199. The number of aryl methyl sites for hydroxylation is 1. The number of hydrogen-bond donors (Lipinski definition) is 0. The van der Waals surface area contributed by atoms with Crippen LogP contribution in [-0.4, -0.2) is 23.2 Å².